The molecule has 0 radical (unpaired) electrons. The van der Waals surface area contributed by atoms with Crippen LogP contribution in [-0.4, -0.2) is 51.4 Å². The van der Waals surface area contributed by atoms with Gasteiger partial charge in [-0.05, 0) is 31.0 Å². The van der Waals surface area contributed by atoms with E-state index in [4.69, 9.17) is 4.74 Å². The molecule has 3 aromatic rings. The number of carbonyl (C=O) groups is 1. The molecular weight excluding hydrogens is 373 g/mol. The fraction of sp³-hybridized carbons (Fsp3) is 0.381. The average molecular weight is 397 g/mol. The number of carbonyl (C=O) groups excluding carboxylic acids is 1. The number of anilines is 1. The molecule has 4 rings (SSSR count). The van der Waals surface area contributed by atoms with Crippen LogP contribution in [0.3, 0.4) is 0 Å². The van der Waals surface area contributed by atoms with Crippen LogP contribution in [0.2, 0.25) is 0 Å². The molecule has 8 heteroatoms. The number of nitrogens with one attached hydrogen (secondary N) is 1. The molecule has 1 N–H and O–H groups in total. The monoisotopic (exact) mass is 397 g/mol. The van der Waals surface area contributed by atoms with Crippen LogP contribution >= 0.6 is 0 Å². The molecule has 1 aromatic carbocycles. The van der Waals surface area contributed by atoms with Crippen molar-refractivity contribution in [3.05, 3.63) is 59.9 Å². The summed E-state index contributed by atoms with van der Waals surface area (Å²) < 4.78 is 21.9. The Morgan fingerprint density at radius 2 is 2.10 bits per heavy atom. The minimum Gasteiger partial charge on any atom is -0.445 e. The summed E-state index contributed by atoms with van der Waals surface area (Å²) in [6, 6.07) is 13.4. The molecule has 29 heavy (non-hydrogen) atoms. The van der Waals surface area contributed by atoms with Crippen molar-refractivity contribution in [2.75, 3.05) is 25.0 Å². The molecule has 0 aliphatic carbocycles. The van der Waals surface area contributed by atoms with Gasteiger partial charge in [-0.2, -0.15) is 0 Å². The third-order valence-corrected chi connectivity index (χ3v) is 5.30. The summed E-state index contributed by atoms with van der Waals surface area (Å²) in [5.74, 6) is 0.641. The first-order chi connectivity index (χ1) is 14.1. The van der Waals surface area contributed by atoms with Crippen LogP contribution in [-0.2, 0) is 11.3 Å². The summed E-state index contributed by atoms with van der Waals surface area (Å²) in [6.45, 7) is 3.21. The molecule has 1 fully saturated rings. The van der Waals surface area contributed by atoms with Crippen molar-refractivity contribution >= 4 is 17.6 Å². The molecule has 2 aromatic heterocycles. The Morgan fingerprint density at radius 3 is 2.90 bits per heavy atom. The number of hydrogen-bond donors (Lipinski definition) is 1. The first-order valence-corrected chi connectivity index (χ1v) is 9.74. The summed E-state index contributed by atoms with van der Waals surface area (Å²) >= 11 is 0. The van der Waals surface area contributed by atoms with Crippen LogP contribution in [0, 0.1) is 12.8 Å². The largest absolute Gasteiger partial charge is 0.445 e. The number of alkyl halides is 1. The molecule has 1 saturated heterocycles. The van der Waals surface area contributed by atoms with Gasteiger partial charge in [0.05, 0.1) is 6.54 Å². The number of benzene rings is 1. The van der Waals surface area contributed by atoms with Gasteiger partial charge in [0.1, 0.15) is 24.9 Å². The molecule has 0 bridgehead atoms. The lowest BCUT2D eigenvalue weighted by Crippen LogP contribution is -2.46. The minimum atomic E-state index is -1.11. The van der Waals surface area contributed by atoms with Crippen molar-refractivity contribution in [1.82, 2.24) is 19.5 Å². The lowest BCUT2D eigenvalue weighted by molar-refractivity contribution is 0.0544. The lowest BCUT2D eigenvalue weighted by Gasteiger charge is -2.34. The topological polar surface area (TPSA) is 71.8 Å². The molecule has 2 atom stereocenters. The first-order valence-electron chi connectivity index (χ1n) is 9.74. The fourth-order valence-electron chi connectivity index (χ4n) is 3.50. The molecule has 0 unspecified atom stereocenters. The molecule has 1 aliphatic heterocycles. The van der Waals surface area contributed by atoms with Crippen molar-refractivity contribution < 1.29 is 13.9 Å². The Bertz CT molecular complexity index is 975. The van der Waals surface area contributed by atoms with Gasteiger partial charge in [0.2, 0.25) is 0 Å². The number of nitrogens with zero attached hydrogens (tertiary/aromatic N) is 4. The van der Waals surface area contributed by atoms with Crippen molar-refractivity contribution in [1.29, 1.82) is 0 Å². The van der Waals surface area contributed by atoms with E-state index in [1.165, 1.54) is 4.90 Å². The molecule has 3 heterocycles. The van der Waals surface area contributed by atoms with E-state index in [1.807, 2.05) is 53.8 Å². The van der Waals surface area contributed by atoms with Gasteiger partial charge in [-0.15, -0.1) is 10.2 Å². The van der Waals surface area contributed by atoms with E-state index in [9.17, 15) is 9.18 Å². The Hall–Kier alpha value is -3.16. The number of likely N-dealkylation sites (tertiary alicyclic amines) is 1. The van der Waals surface area contributed by atoms with Gasteiger partial charge in [-0.1, -0.05) is 35.9 Å². The van der Waals surface area contributed by atoms with Crippen LogP contribution in [0.5, 0.6) is 0 Å². The van der Waals surface area contributed by atoms with Gasteiger partial charge in [-0.25, -0.2) is 9.18 Å². The highest BCUT2D eigenvalue weighted by Gasteiger charge is 2.32. The highest BCUT2D eigenvalue weighted by Crippen LogP contribution is 2.22. The number of piperidine rings is 1. The Balaban J connectivity index is 1.27. The van der Waals surface area contributed by atoms with Gasteiger partial charge in [0, 0.05) is 19.0 Å². The molecule has 1 amide bonds. The number of pyridine rings is 1. The first kappa shape index (κ1) is 19.2. The van der Waals surface area contributed by atoms with Gasteiger partial charge in [-0.3, -0.25) is 4.40 Å². The van der Waals surface area contributed by atoms with E-state index in [1.54, 1.807) is 6.33 Å². The van der Waals surface area contributed by atoms with Crippen molar-refractivity contribution in [3.8, 4) is 0 Å². The fourth-order valence-corrected chi connectivity index (χ4v) is 3.50. The van der Waals surface area contributed by atoms with Crippen molar-refractivity contribution in [2.24, 2.45) is 5.92 Å². The number of amides is 1. The van der Waals surface area contributed by atoms with Crippen LogP contribution in [0.4, 0.5) is 15.0 Å². The zero-order valence-corrected chi connectivity index (χ0v) is 16.3. The number of aromatic nitrogens is 3. The Morgan fingerprint density at radius 1 is 1.28 bits per heavy atom. The predicted octanol–water partition coefficient (Wildman–Crippen LogP) is 3.45. The van der Waals surface area contributed by atoms with Crippen molar-refractivity contribution in [2.45, 2.75) is 26.1 Å². The number of halogens is 1. The van der Waals surface area contributed by atoms with Crippen LogP contribution in [0.15, 0.2) is 48.8 Å². The lowest BCUT2D eigenvalue weighted by atomic mass is 9.95. The van der Waals surface area contributed by atoms with Gasteiger partial charge < -0.3 is 15.0 Å². The number of fused-ring (bicyclic) bond motifs is 1. The SMILES string of the molecule is Cc1ccc(COC(=O)N2CC[C@@H](CNc3cccc4nncn34)[C@@H](F)C2)cc1. The standard InChI is InChI=1S/C21H24FN5O2/c1-15-5-7-16(8-6-15)13-29-21(28)26-10-9-17(18(22)12-26)11-23-19-3-2-4-20-25-24-14-27(19)20/h2-8,14,17-18,23H,9-13H2,1H3/t17-,18-/m0/s1. The highest BCUT2D eigenvalue weighted by molar-refractivity contribution is 5.67. The van der Waals surface area contributed by atoms with Crippen LogP contribution < -0.4 is 5.32 Å². The molecule has 1 aliphatic rings. The second-order valence-electron chi connectivity index (χ2n) is 7.40. The maximum atomic E-state index is 14.7. The smallest absolute Gasteiger partial charge is 0.410 e. The number of rotatable bonds is 5. The summed E-state index contributed by atoms with van der Waals surface area (Å²) in [4.78, 5) is 13.7. The van der Waals surface area contributed by atoms with E-state index >= 15 is 0 Å². The zero-order valence-electron chi connectivity index (χ0n) is 16.3. The average Bonchev–Trinajstić information content (AvgIpc) is 3.22. The molecule has 152 valence electrons. The highest BCUT2D eigenvalue weighted by atomic mass is 19.1. The third-order valence-electron chi connectivity index (χ3n) is 5.30. The minimum absolute atomic E-state index is 0.0515. The number of hydrogen-bond acceptors (Lipinski definition) is 5. The van der Waals surface area contributed by atoms with E-state index in [0.29, 0.717) is 19.5 Å². The van der Waals surface area contributed by atoms with Crippen LogP contribution in [0.25, 0.3) is 5.65 Å². The Labute approximate surface area is 168 Å². The maximum Gasteiger partial charge on any atom is 0.410 e. The number of ether oxygens (including phenoxy) is 1. The van der Waals surface area contributed by atoms with Gasteiger partial charge in [0.15, 0.2) is 5.65 Å². The van der Waals surface area contributed by atoms with Crippen molar-refractivity contribution in [3.63, 3.8) is 0 Å². The van der Waals surface area contributed by atoms with Crippen LogP contribution in [0.1, 0.15) is 17.5 Å². The maximum absolute atomic E-state index is 14.7. The molecule has 0 saturated carbocycles. The van der Waals surface area contributed by atoms with Gasteiger partial charge in [0.25, 0.3) is 0 Å². The zero-order chi connectivity index (χ0) is 20.2. The second kappa shape index (κ2) is 8.46. The summed E-state index contributed by atoms with van der Waals surface area (Å²) in [5.41, 5.74) is 2.80. The summed E-state index contributed by atoms with van der Waals surface area (Å²) in [7, 11) is 0. The second-order valence-corrected chi connectivity index (χ2v) is 7.40. The van der Waals surface area contributed by atoms with E-state index < -0.39 is 12.3 Å². The summed E-state index contributed by atoms with van der Waals surface area (Å²) in [6.07, 6.45) is 0.626. The van der Waals surface area contributed by atoms with E-state index in [2.05, 4.69) is 15.5 Å². The number of aryl methyl sites for hydroxylation is 1. The summed E-state index contributed by atoms with van der Waals surface area (Å²) in [5, 5.41) is 11.2. The van der Waals surface area contributed by atoms with Gasteiger partial charge >= 0.3 is 6.09 Å². The third kappa shape index (κ3) is 4.47. The predicted molar refractivity (Wildman–Crippen MR) is 107 cm³/mol. The van der Waals surface area contributed by atoms with E-state index in [-0.39, 0.29) is 19.1 Å². The van der Waals surface area contributed by atoms with E-state index in [0.717, 1.165) is 22.6 Å². The Kier molecular flexibility index (Phi) is 5.59. The molecule has 7 nitrogen and oxygen atoms in total. The quantitative estimate of drug-likeness (QED) is 0.714. The molecule has 0 spiro atoms. The molecular formula is C21H24FN5O2. The normalized spacial score (nSPS) is 19.3.